The molecule has 0 radical (unpaired) electrons. The molecule has 0 bridgehead atoms. The summed E-state index contributed by atoms with van der Waals surface area (Å²) in [6.07, 6.45) is 3.77. The van der Waals surface area contributed by atoms with E-state index < -0.39 is 0 Å². The fraction of sp³-hybridized carbons (Fsp3) is 0.400. The number of hydrogen-bond donors (Lipinski definition) is 0. The van der Waals surface area contributed by atoms with Gasteiger partial charge in [-0.2, -0.15) is 0 Å². The smallest absolute Gasteiger partial charge is 0.254 e. The Balaban J connectivity index is 1.79. The second-order valence-corrected chi connectivity index (χ2v) is 6.63. The van der Waals surface area contributed by atoms with Gasteiger partial charge in [0.25, 0.3) is 5.91 Å². The van der Waals surface area contributed by atoms with Crippen LogP contribution in [0.3, 0.4) is 0 Å². The van der Waals surface area contributed by atoms with Crippen LogP contribution in [0, 0.1) is 0 Å². The number of likely N-dealkylation sites (tertiary alicyclic amines) is 1. The van der Waals surface area contributed by atoms with Gasteiger partial charge in [-0.15, -0.1) is 0 Å². The van der Waals surface area contributed by atoms with Gasteiger partial charge in [-0.1, -0.05) is 18.2 Å². The summed E-state index contributed by atoms with van der Waals surface area (Å²) in [7, 11) is 5.55. The van der Waals surface area contributed by atoms with Crippen molar-refractivity contribution in [1.29, 1.82) is 0 Å². The minimum absolute atomic E-state index is 0.0742. The first-order valence-electron chi connectivity index (χ1n) is 8.65. The maximum atomic E-state index is 13.0. The van der Waals surface area contributed by atoms with E-state index in [0.29, 0.717) is 11.5 Å². The highest BCUT2D eigenvalue weighted by Gasteiger charge is 2.27. The average Bonchev–Trinajstić information content (AvgIpc) is 2.67. The molecule has 5 heteroatoms. The number of amides is 1. The lowest BCUT2D eigenvalue weighted by Crippen LogP contribution is -2.39. The van der Waals surface area contributed by atoms with Crippen molar-refractivity contribution in [3.63, 3.8) is 0 Å². The maximum absolute atomic E-state index is 13.0. The summed E-state index contributed by atoms with van der Waals surface area (Å²) < 4.78 is 5.50. The minimum atomic E-state index is 0.0742. The standard InChI is InChI=1S/C20H25N3O2/c1-22(2)19-13-15(10-11-21-19)20(24)23-12-6-7-16(14-23)17-8-4-5-9-18(17)25-3/h4-5,8-11,13,16H,6-7,12,14H2,1-3H3. The number of nitrogens with zero attached hydrogens (tertiary/aromatic N) is 3. The van der Waals surface area contributed by atoms with Crippen LogP contribution in [-0.2, 0) is 0 Å². The fourth-order valence-corrected chi connectivity index (χ4v) is 3.40. The topological polar surface area (TPSA) is 45.7 Å². The molecule has 1 unspecified atom stereocenters. The van der Waals surface area contributed by atoms with E-state index >= 15 is 0 Å². The highest BCUT2D eigenvalue weighted by Crippen LogP contribution is 2.33. The number of ether oxygens (including phenoxy) is 1. The molecule has 0 aliphatic carbocycles. The highest BCUT2D eigenvalue weighted by atomic mass is 16.5. The predicted octanol–water partition coefficient (Wildman–Crippen LogP) is 3.18. The van der Waals surface area contributed by atoms with Crippen molar-refractivity contribution < 1.29 is 9.53 Å². The number of para-hydroxylation sites is 1. The van der Waals surface area contributed by atoms with E-state index in [0.717, 1.165) is 37.5 Å². The molecule has 0 saturated carbocycles. The van der Waals surface area contributed by atoms with Crippen LogP contribution in [0.4, 0.5) is 5.82 Å². The molecule has 3 rings (SSSR count). The highest BCUT2D eigenvalue weighted by molar-refractivity contribution is 5.95. The van der Waals surface area contributed by atoms with Gasteiger partial charge in [-0.25, -0.2) is 4.98 Å². The van der Waals surface area contributed by atoms with E-state index in [1.54, 1.807) is 19.4 Å². The Morgan fingerprint density at radius 2 is 2.08 bits per heavy atom. The van der Waals surface area contributed by atoms with E-state index in [4.69, 9.17) is 4.74 Å². The largest absolute Gasteiger partial charge is 0.496 e. The van der Waals surface area contributed by atoms with Crippen molar-refractivity contribution in [2.24, 2.45) is 0 Å². The summed E-state index contributed by atoms with van der Waals surface area (Å²) in [4.78, 5) is 21.1. The van der Waals surface area contributed by atoms with Crippen LogP contribution in [0.5, 0.6) is 5.75 Å². The Labute approximate surface area is 149 Å². The van der Waals surface area contributed by atoms with Crippen molar-refractivity contribution in [2.45, 2.75) is 18.8 Å². The van der Waals surface area contributed by atoms with Crippen LogP contribution < -0.4 is 9.64 Å². The van der Waals surface area contributed by atoms with E-state index in [2.05, 4.69) is 11.1 Å². The first-order chi connectivity index (χ1) is 12.1. The summed E-state index contributed by atoms with van der Waals surface area (Å²) >= 11 is 0. The lowest BCUT2D eigenvalue weighted by Gasteiger charge is -2.33. The molecule has 25 heavy (non-hydrogen) atoms. The number of piperidine rings is 1. The number of rotatable bonds is 4. The summed E-state index contributed by atoms with van der Waals surface area (Å²) in [5.74, 6) is 2.08. The van der Waals surface area contributed by atoms with Crippen molar-refractivity contribution >= 4 is 11.7 Å². The Hall–Kier alpha value is -2.56. The molecule has 1 aliphatic heterocycles. The molecule has 2 heterocycles. The third kappa shape index (κ3) is 3.76. The number of carbonyl (C=O) groups is 1. The van der Waals surface area contributed by atoms with Crippen LogP contribution in [-0.4, -0.2) is 50.1 Å². The zero-order valence-corrected chi connectivity index (χ0v) is 15.1. The summed E-state index contributed by atoms with van der Waals surface area (Å²) in [6.45, 7) is 1.52. The van der Waals surface area contributed by atoms with Crippen molar-refractivity contribution in [2.75, 3.05) is 39.2 Å². The van der Waals surface area contributed by atoms with Gasteiger partial charge in [0.2, 0.25) is 0 Å². The maximum Gasteiger partial charge on any atom is 0.254 e. The Kier molecular flexibility index (Phi) is 5.22. The van der Waals surface area contributed by atoms with Crippen LogP contribution in [0.2, 0.25) is 0 Å². The number of methoxy groups -OCH3 is 1. The molecule has 5 nitrogen and oxygen atoms in total. The zero-order valence-electron chi connectivity index (χ0n) is 15.1. The van der Waals surface area contributed by atoms with Crippen molar-refractivity contribution in [3.8, 4) is 5.75 Å². The molecule has 1 amide bonds. The molecule has 1 aliphatic rings. The first kappa shape index (κ1) is 17.3. The van der Waals surface area contributed by atoms with Crippen molar-refractivity contribution in [1.82, 2.24) is 9.88 Å². The predicted molar refractivity (Wildman–Crippen MR) is 99.4 cm³/mol. The molecular formula is C20H25N3O2. The Morgan fingerprint density at radius 1 is 1.28 bits per heavy atom. The number of anilines is 1. The zero-order chi connectivity index (χ0) is 17.8. The number of aromatic nitrogens is 1. The fourth-order valence-electron chi connectivity index (χ4n) is 3.40. The van der Waals surface area contributed by atoms with E-state index in [-0.39, 0.29) is 5.91 Å². The SMILES string of the molecule is COc1ccccc1C1CCCN(C(=O)c2ccnc(N(C)C)c2)C1. The molecule has 1 saturated heterocycles. The van der Waals surface area contributed by atoms with Gasteiger partial charge in [-0.05, 0) is 36.6 Å². The third-order valence-corrected chi connectivity index (χ3v) is 4.74. The number of benzene rings is 1. The lowest BCUT2D eigenvalue weighted by molar-refractivity contribution is 0.0706. The first-order valence-corrected chi connectivity index (χ1v) is 8.65. The Morgan fingerprint density at radius 3 is 2.84 bits per heavy atom. The summed E-state index contributed by atoms with van der Waals surface area (Å²) in [6, 6.07) is 11.8. The second-order valence-electron chi connectivity index (χ2n) is 6.63. The van der Waals surface area contributed by atoms with E-state index in [1.165, 1.54) is 5.56 Å². The molecule has 2 aromatic rings. The number of pyridine rings is 1. The van der Waals surface area contributed by atoms with Gasteiger partial charge in [0.05, 0.1) is 7.11 Å². The molecule has 0 spiro atoms. The van der Waals surface area contributed by atoms with Crippen LogP contribution in [0.1, 0.15) is 34.7 Å². The summed E-state index contributed by atoms with van der Waals surface area (Å²) in [5, 5.41) is 0. The average molecular weight is 339 g/mol. The van der Waals surface area contributed by atoms with Gasteiger partial charge in [0, 0.05) is 44.9 Å². The third-order valence-electron chi connectivity index (χ3n) is 4.74. The van der Waals surface area contributed by atoms with Gasteiger partial charge >= 0.3 is 0 Å². The number of hydrogen-bond acceptors (Lipinski definition) is 4. The second kappa shape index (κ2) is 7.55. The normalized spacial score (nSPS) is 17.2. The quantitative estimate of drug-likeness (QED) is 0.858. The van der Waals surface area contributed by atoms with Crippen LogP contribution in [0.25, 0.3) is 0 Å². The molecular weight excluding hydrogens is 314 g/mol. The molecule has 1 aromatic heterocycles. The molecule has 132 valence electrons. The van der Waals surface area contributed by atoms with E-state index in [1.807, 2.05) is 48.2 Å². The van der Waals surface area contributed by atoms with Gasteiger partial charge < -0.3 is 14.5 Å². The molecule has 0 N–H and O–H groups in total. The minimum Gasteiger partial charge on any atom is -0.496 e. The van der Waals surface area contributed by atoms with Gasteiger partial charge in [0.15, 0.2) is 0 Å². The van der Waals surface area contributed by atoms with Crippen molar-refractivity contribution in [3.05, 3.63) is 53.7 Å². The Bertz CT molecular complexity index is 745. The van der Waals surface area contributed by atoms with Crippen LogP contribution >= 0.6 is 0 Å². The summed E-state index contributed by atoms with van der Waals surface area (Å²) in [5.41, 5.74) is 1.88. The molecule has 1 atom stereocenters. The molecule has 1 fully saturated rings. The van der Waals surface area contributed by atoms with Gasteiger partial charge in [-0.3, -0.25) is 4.79 Å². The van der Waals surface area contributed by atoms with Crippen LogP contribution in [0.15, 0.2) is 42.6 Å². The van der Waals surface area contributed by atoms with E-state index in [9.17, 15) is 4.79 Å². The monoisotopic (exact) mass is 339 g/mol. The number of carbonyl (C=O) groups excluding carboxylic acids is 1. The molecule has 1 aromatic carbocycles. The lowest BCUT2D eigenvalue weighted by atomic mass is 9.89. The van der Waals surface area contributed by atoms with Gasteiger partial charge in [0.1, 0.15) is 11.6 Å².